The standard InChI is InChI=1S/C22H30N4O/c1-22(2,3)19-14-20(27)24-21(23-19)17-6-4-5-16(13-17)15-26-12-11-25-9-7-18(26)8-10-25/h4-6,13-14,18H,7-12,15H2,1-3H3,(H,23,24,27). The van der Waals surface area contributed by atoms with Crippen LogP contribution in [0.15, 0.2) is 35.1 Å². The lowest BCUT2D eigenvalue weighted by atomic mass is 9.92. The van der Waals surface area contributed by atoms with Gasteiger partial charge < -0.3 is 9.88 Å². The molecule has 2 bridgehead atoms. The van der Waals surface area contributed by atoms with Gasteiger partial charge in [0.1, 0.15) is 5.82 Å². The minimum atomic E-state index is -0.152. The number of fused-ring (bicyclic) bond motifs is 4. The summed E-state index contributed by atoms with van der Waals surface area (Å²) in [6, 6.07) is 10.8. The van der Waals surface area contributed by atoms with Crippen LogP contribution in [0.5, 0.6) is 0 Å². The number of benzene rings is 1. The lowest BCUT2D eigenvalue weighted by Crippen LogP contribution is -2.37. The van der Waals surface area contributed by atoms with Crippen molar-refractivity contribution in [2.75, 3.05) is 26.2 Å². The van der Waals surface area contributed by atoms with Crippen LogP contribution < -0.4 is 5.56 Å². The number of aromatic nitrogens is 2. The Morgan fingerprint density at radius 1 is 1.11 bits per heavy atom. The Hall–Kier alpha value is -1.98. The van der Waals surface area contributed by atoms with E-state index in [9.17, 15) is 4.79 Å². The van der Waals surface area contributed by atoms with E-state index in [4.69, 9.17) is 4.98 Å². The topological polar surface area (TPSA) is 52.2 Å². The first-order valence-corrected chi connectivity index (χ1v) is 10.1. The molecule has 1 aromatic heterocycles. The Morgan fingerprint density at radius 3 is 2.63 bits per heavy atom. The molecule has 5 rings (SSSR count). The zero-order valence-corrected chi connectivity index (χ0v) is 16.7. The van der Waals surface area contributed by atoms with Crippen LogP contribution in [0.1, 0.15) is 44.9 Å². The molecule has 0 unspecified atom stereocenters. The second kappa shape index (κ2) is 7.21. The van der Waals surface area contributed by atoms with Crippen molar-refractivity contribution in [2.45, 2.75) is 51.6 Å². The monoisotopic (exact) mass is 366 g/mol. The largest absolute Gasteiger partial charge is 0.307 e. The van der Waals surface area contributed by atoms with Crippen LogP contribution >= 0.6 is 0 Å². The third-order valence-electron chi connectivity index (χ3n) is 5.87. The molecule has 1 N–H and O–H groups in total. The molecule has 0 radical (unpaired) electrons. The first-order valence-electron chi connectivity index (χ1n) is 10.1. The zero-order valence-electron chi connectivity index (χ0n) is 16.7. The highest BCUT2D eigenvalue weighted by Gasteiger charge is 2.28. The predicted octanol–water partition coefficient (Wildman–Crippen LogP) is 3.01. The molecule has 144 valence electrons. The van der Waals surface area contributed by atoms with Gasteiger partial charge in [-0.05, 0) is 37.6 Å². The minimum Gasteiger partial charge on any atom is -0.307 e. The molecule has 0 saturated carbocycles. The molecular weight excluding hydrogens is 336 g/mol. The molecule has 2 aromatic rings. The van der Waals surface area contributed by atoms with Crippen molar-refractivity contribution in [3.05, 3.63) is 51.9 Å². The van der Waals surface area contributed by atoms with E-state index >= 15 is 0 Å². The molecular formula is C22H30N4O. The number of nitrogens with one attached hydrogen (secondary N) is 1. The van der Waals surface area contributed by atoms with E-state index in [-0.39, 0.29) is 11.0 Å². The van der Waals surface area contributed by atoms with Crippen LogP contribution in [-0.2, 0) is 12.0 Å². The van der Waals surface area contributed by atoms with Crippen molar-refractivity contribution in [3.8, 4) is 11.4 Å². The van der Waals surface area contributed by atoms with Gasteiger partial charge in [-0.15, -0.1) is 0 Å². The van der Waals surface area contributed by atoms with Crippen molar-refractivity contribution < 1.29 is 0 Å². The quantitative estimate of drug-likeness (QED) is 0.907. The number of hydrogen-bond acceptors (Lipinski definition) is 4. The second-order valence-electron chi connectivity index (χ2n) is 8.97. The van der Waals surface area contributed by atoms with Gasteiger partial charge in [0.05, 0.1) is 5.69 Å². The molecule has 3 fully saturated rings. The highest BCUT2D eigenvalue weighted by atomic mass is 16.1. The van der Waals surface area contributed by atoms with Gasteiger partial charge in [-0.3, -0.25) is 9.69 Å². The van der Waals surface area contributed by atoms with Crippen LogP contribution in [0.3, 0.4) is 0 Å². The van der Waals surface area contributed by atoms with E-state index in [2.05, 4.69) is 53.8 Å². The number of rotatable bonds is 3. The summed E-state index contributed by atoms with van der Waals surface area (Å²) in [6.07, 6.45) is 2.56. The molecule has 0 atom stereocenters. The number of hydrogen-bond donors (Lipinski definition) is 1. The van der Waals surface area contributed by atoms with Crippen LogP contribution in [0, 0.1) is 0 Å². The van der Waals surface area contributed by atoms with Gasteiger partial charge in [-0.2, -0.15) is 0 Å². The molecule has 3 aliphatic rings. The van der Waals surface area contributed by atoms with E-state index in [0.29, 0.717) is 11.9 Å². The van der Waals surface area contributed by atoms with Gasteiger partial charge in [-0.25, -0.2) is 4.98 Å². The molecule has 0 aliphatic carbocycles. The van der Waals surface area contributed by atoms with Crippen molar-refractivity contribution in [1.29, 1.82) is 0 Å². The summed E-state index contributed by atoms with van der Waals surface area (Å²) in [6.45, 7) is 12.0. The number of nitrogens with zero attached hydrogens (tertiary/aromatic N) is 3. The normalized spacial score (nSPS) is 23.4. The summed E-state index contributed by atoms with van der Waals surface area (Å²) >= 11 is 0. The van der Waals surface area contributed by atoms with Gasteiger partial charge in [0.2, 0.25) is 0 Å². The second-order valence-corrected chi connectivity index (χ2v) is 8.97. The third kappa shape index (κ3) is 4.14. The summed E-state index contributed by atoms with van der Waals surface area (Å²) in [4.78, 5) is 25.0. The highest BCUT2D eigenvalue weighted by molar-refractivity contribution is 5.56. The predicted molar refractivity (Wildman–Crippen MR) is 109 cm³/mol. The smallest absolute Gasteiger partial charge is 0.251 e. The number of piperidine rings is 1. The maximum absolute atomic E-state index is 12.1. The molecule has 4 heterocycles. The third-order valence-corrected chi connectivity index (χ3v) is 5.87. The average molecular weight is 367 g/mol. The van der Waals surface area contributed by atoms with Gasteiger partial charge in [0.25, 0.3) is 5.56 Å². The molecule has 1 aromatic carbocycles. The first kappa shape index (κ1) is 18.4. The molecule has 5 heteroatoms. The maximum Gasteiger partial charge on any atom is 0.251 e. The molecule has 5 nitrogen and oxygen atoms in total. The fourth-order valence-electron chi connectivity index (χ4n) is 4.20. The Kier molecular flexibility index (Phi) is 4.91. The van der Waals surface area contributed by atoms with E-state index in [0.717, 1.165) is 24.3 Å². The highest BCUT2D eigenvalue weighted by Crippen LogP contribution is 2.25. The summed E-state index contributed by atoms with van der Waals surface area (Å²) < 4.78 is 0. The first-order chi connectivity index (χ1) is 12.9. The van der Waals surface area contributed by atoms with E-state index in [1.165, 1.54) is 38.0 Å². The van der Waals surface area contributed by atoms with Gasteiger partial charge >= 0.3 is 0 Å². The number of H-pyrrole nitrogens is 1. The van der Waals surface area contributed by atoms with Crippen molar-refractivity contribution in [2.24, 2.45) is 0 Å². The molecule has 0 spiro atoms. The Balaban J connectivity index is 1.60. The van der Waals surface area contributed by atoms with Crippen LogP contribution in [0.25, 0.3) is 11.4 Å². The van der Waals surface area contributed by atoms with Gasteiger partial charge in [-0.1, -0.05) is 39.0 Å². The summed E-state index contributed by atoms with van der Waals surface area (Å²) in [5.74, 6) is 0.664. The molecule has 27 heavy (non-hydrogen) atoms. The molecule has 3 aliphatic heterocycles. The van der Waals surface area contributed by atoms with Crippen molar-refractivity contribution in [1.82, 2.24) is 19.8 Å². The zero-order chi connectivity index (χ0) is 19.0. The summed E-state index contributed by atoms with van der Waals surface area (Å²) in [7, 11) is 0. The molecule has 3 saturated heterocycles. The summed E-state index contributed by atoms with van der Waals surface area (Å²) in [5.41, 5.74) is 2.86. The van der Waals surface area contributed by atoms with E-state index < -0.39 is 0 Å². The minimum absolute atomic E-state index is 0.0890. The fraction of sp³-hybridized carbons (Fsp3) is 0.545. The van der Waals surface area contributed by atoms with Gasteiger partial charge in [0.15, 0.2) is 0 Å². The van der Waals surface area contributed by atoms with Gasteiger partial charge in [0, 0.05) is 42.7 Å². The number of aromatic amines is 1. The summed E-state index contributed by atoms with van der Waals surface area (Å²) in [5, 5.41) is 0. The Bertz CT molecular complexity index is 859. The molecule has 0 amide bonds. The van der Waals surface area contributed by atoms with Crippen LogP contribution in [-0.4, -0.2) is 52.0 Å². The van der Waals surface area contributed by atoms with Crippen molar-refractivity contribution >= 4 is 0 Å². The van der Waals surface area contributed by atoms with Crippen LogP contribution in [0.4, 0.5) is 0 Å². The lowest BCUT2D eigenvalue weighted by molar-refractivity contribution is 0.176. The maximum atomic E-state index is 12.1. The Morgan fingerprint density at radius 2 is 1.89 bits per heavy atom. The fourth-order valence-corrected chi connectivity index (χ4v) is 4.20. The van der Waals surface area contributed by atoms with Crippen LogP contribution in [0.2, 0.25) is 0 Å². The lowest BCUT2D eigenvalue weighted by Gasteiger charge is -2.31. The SMILES string of the molecule is CC(C)(C)c1cc(=O)[nH]c(-c2cccc(CN3CCN4CCC3CC4)c2)n1. The average Bonchev–Trinajstić information content (AvgIpc) is 2.94. The van der Waals surface area contributed by atoms with E-state index in [1.807, 2.05) is 6.07 Å². The van der Waals surface area contributed by atoms with E-state index in [1.54, 1.807) is 6.07 Å². The Labute approximate surface area is 161 Å². The van der Waals surface area contributed by atoms with Crippen molar-refractivity contribution in [3.63, 3.8) is 0 Å².